The van der Waals surface area contributed by atoms with E-state index in [4.69, 9.17) is 4.74 Å². The number of hydroxylamine groups is 2. The fourth-order valence-corrected chi connectivity index (χ4v) is 2.75. The maximum atomic E-state index is 9.37. The molecule has 0 unspecified atom stereocenters. The van der Waals surface area contributed by atoms with Gasteiger partial charge in [0.05, 0.1) is 0 Å². The van der Waals surface area contributed by atoms with Crippen LogP contribution < -0.4 is 4.74 Å². The Balaban J connectivity index is 1.91. The van der Waals surface area contributed by atoms with E-state index in [2.05, 4.69) is 50.8 Å². The Labute approximate surface area is 134 Å². The van der Waals surface area contributed by atoms with Gasteiger partial charge in [-0.15, -0.1) is 0 Å². The molecule has 0 aromatic heterocycles. The molecule has 1 aliphatic rings. The van der Waals surface area contributed by atoms with Crippen LogP contribution in [0.5, 0.6) is 5.75 Å². The smallest absolute Gasteiger partial charge is 0.122 e. The average molecular weight is 306 g/mol. The highest BCUT2D eigenvalue weighted by Gasteiger charge is 2.15. The summed E-state index contributed by atoms with van der Waals surface area (Å²) in [6.07, 6.45) is 0. The largest absolute Gasteiger partial charge is 0.492 e. The van der Waals surface area contributed by atoms with Gasteiger partial charge >= 0.3 is 0 Å². The lowest BCUT2D eigenvalue weighted by molar-refractivity contribution is -0.117. The molecule has 0 bridgehead atoms. The van der Waals surface area contributed by atoms with Crippen LogP contribution in [0, 0.1) is 0 Å². The van der Waals surface area contributed by atoms with Gasteiger partial charge in [-0.3, -0.25) is 4.90 Å². The summed E-state index contributed by atoms with van der Waals surface area (Å²) in [6.45, 7) is 13.7. The van der Waals surface area contributed by atoms with Crippen molar-refractivity contribution in [2.24, 2.45) is 0 Å². The van der Waals surface area contributed by atoms with Crippen molar-refractivity contribution < 1.29 is 9.94 Å². The number of rotatable bonds is 6. The molecule has 1 heterocycles. The molecule has 4 heteroatoms. The Morgan fingerprint density at radius 1 is 1.05 bits per heavy atom. The lowest BCUT2D eigenvalue weighted by Gasteiger charge is -2.31. The summed E-state index contributed by atoms with van der Waals surface area (Å²) in [5, 5.41) is 10.8. The van der Waals surface area contributed by atoms with Crippen LogP contribution in [0.2, 0.25) is 0 Å². The summed E-state index contributed by atoms with van der Waals surface area (Å²) in [4.78, 5) is 2.34. The zero-order valence-corrected chi connectivity index (χ0v) is 14.4. The Morgan fingerprint density at radius 2 is 1.73 bits per heavy atom. The molecule has 1 N–H and O–H groups in total. The van der Waals surface area contributed by atoms with E-state index in [-0.39, 0.29) is 0 Å². The first-order valence-corrected chi connectivity index (χ1v) is 8.40. The van der Waals surface area contributed by atoms with E-state index >= 15 is 0 Å². The van der Waals surface area contributed by atoms with Gasteiger partial charge in [0, 0.05) is 32.7 Å². The topological polar surface area (TPSA) is 35.9 Å². The molecule has 1 saturated heterocycles. The monoisotopic (exact) mass is 306 g/mol. The van der Waals surface area contributed by atoms with E-state index in [0.717, 1.165) is 38.5 Å². The Hall–Kier alpha value is -1.10. The second kappa shape index (κ2) is 7.95. The second-order valence-electron chi connectivity index (χ2n) is 6.75. The van der Waals surface area contributed by atoms with Gasteiger partial charge in [0.15, 0.2) is 0 Å². The molecule has 4 nitrogen and oxygen atoms in total. The van der Waals surface area contributed by atoms with E-state index in [9.17, 15) is 5.21 Å². The standard InChI is InChI=1S/C18H30N2O2/c1-14(2)16-5-6-18(17(13-16)15(3)4)22-12-11-19-7-9-20(21)10-8-19/h5-6,13-15,21H,7-12H2,1-4H3. The van der Waals surface area contributed by atoms with Crippen molar-refractivity contribution >= 4 is 0 Å². The molecule has 1 aromatic rings. The molecular formula is C18H30N2O2. The van der Waals surface area contributed by atoms with Gasteiger partial charge in [-0.25, -0.2) is 0 Å². The highest BCUT2D eigenvalue weighted by Crippen LogP contribution is 2.30. The predicted octanol–water partition coefficient (Wildman–Crippen LogP) is 3.32. The fourth-order valence-electron chi connectivity index (χ4n) is 2.75. The molecule has 0 amide bonds. The molecule has 2 rings (SSSR count). The van der Waals surface area contributed by atoms with Crippen LogP contribution in [0.3, 0.4) is 0 Å². The van der Waals surface area contributed by atoms with E-state index in [1.54, 1.807) is 0 Å². The Morgan fingerprint density at radius 3 is 2.32 bits per heavy atom. The molecule has 124 valence electrons. The number of nitrogens with zero attached hydrogens (tertiary/aromatic N) is 2. The summed E-state index contributed by atoms with van der Waals surface area (Å²) in [5.74, 6) is 2.02. The van der Waals surface area contributed by atoms with Gasteiger partial charge in [0.1, 0.15) is 12.4 Å². The molecule has 1 aromatic carbocycles. The van der Waals surface area contributed by atoms with Crippen LogP contribution in [0.15, 0.2) is 18.2 Å². The van der Waals surface area contributed by atoms with Crippen molar-refractivity contribution in [1.82, 2.24) is 9.96 Å². The lowest BCUT2D eigenvalue weighted by Crippen LogP contribution is -2.46. The molecular weight excluding hydrogens is 276 g/mol. The highest BCUT2D eigenvalue weighted by molar-refractivity contribution is 5.40. The number of benzene rings is 1. The SMILES string of the molecule is CC(C)c1ccc(OCCN2CCN(O)CC2)c(C(C)C)c1. The first kappa shape index (κ1) is 17.3. The second-order valence-corrected chi connectivity index (χ2v) is 6.75. The third-order valence-electron chi connectivity index (χ3n) is 4.34. The van der Waals surface area contributed by atoms with Gasteiger partial charge in [-0.05, 0) is 29.0 Å². The third kappa shape index (κ3) is 4.70. The van der Waals surface area contributed by atoms with E-state index in [1.807, 2.05) is 0 Å². The van der Waals surface area contributed by atoms with Crippen molar-refractivity contribution in [2.45, 2.75) is 39.5 Å². The minimum absolute atomic E-state index is 0.464. The molecule has 0 saturated carbocycles. The van der Waals surface area contributed by atoms with E-state index in [0.29, 0.717) is 18.4 Å². The number of piperazine rings is 1. The molecule has 0 spiro atoms. The van der Waals surface area contributed by atoms with Crippen LogP contribution in [0.1, 0.15) is 50.7 Å². The van der Waals surface area contributed by atoms with Crippen molar-refractivity contribution in [3.63, 3.8) is 0 Å². The zero-order valence-electron chi connectivity index (χ0n) is 14.4. The Kier molecular flexibility index (Phi) is 6.24. The molecule has 1 aliphatic heterocycles. The van der Waals surface area contributed by atoms with Crippen molar-refractivity contribution in [1.29, 1.82) is 0 Å². The summed E-state index contributed by atoms with van der Waals surface area (Å²) < 4.78 is 6.04. The van der Waals surface area contributed by atoms with Crippen molar-refractivity contribution in [3.8, 4) is 5.75 Å². The van der Waals surface area contributed by atoms with Crippen LogP contribution in [-0.4, -0.2) is 54.5 Å². The quantitative estimate of drug-likeness (QED) is 0.874. The predicted molar refractivity (Wildman–Crippen MR) is 89.9 cm³/mol. The maximum absolute atomic E-state index is 9.37. The fraction of sp³-hybridized carbons (Fsp3) is 0.667. The minimum atomic E-state index is 0.464. The van der Waals surface area contributed by atoms with Crippen LogP contribution >= 0.6 is 0 Å². The first-order valence-electron chi connectivity index (χ1n) is 8.40. The van der Waals surface area contributed by atoms with Crippen molar-refractivity contribution in [3.05, 3.63) is 29.3 Å². The van der Waals surface area contributed by atoms with Gasteiger partial charge in [0.2, 0.25) is 0 Å². The van der Waals surface area contributed by atoms with Crippen molar-refractivity contribution in [2.75, 3.05) is 39.3 Å². The number of hydrogen-bond donors (Lipinski definition) is 1. The van der Waals surface area contributed by atoms with Crippen LogP contribution in [0.25, 0.3) is 0 Å². The average Bonchev–Trinajstić information content (AvgIpc) is 2.49. The Bertz CT molecular complexity index is 466. The van der Waals surface area contributed by atoms with E-state index < -0.39 is 0 Å². The van der Waals surface area contributed by atoms with E-state index in [1.165, 1.54) is 16.2 Å². The molecule has 0 aliphatic carbocycles. The first-order chi connectivity index (χ1) is 10.5. The lowest BCUT2D eigenvalue weighted by atomic mass is 9.95. The highest BCUT2D eigenvalue weighted by atomic mass is 16.5. The number of hydrogen-bond acceptors (Lipinski definition) is 4. The molecule has 0 atom stereocenters. The molecule has 1 fully saturated rings. The van der Waals surface area contributed by atoms with Crippen LogP contribution in [-0.2, 0) is 0 Å². The summed E-state index contributed by atoms with van der Waals surface area (Å²) >= 11 is 0. The summed E-state index contributed by atoms with van der Waals surface area (Å²) in [5.41, 5.74) is 2.67. The summed E-state index contributed by atoms with van der Waals surface area (Å²) in [7, 11) is 0. The normalized spacial score (nSPS) is 17.4. The molecule has 22 heavy (non-hydrogen) atoms. The van der Waals surface area contributed by atoms with Crippen LogP contribution in [0.4, 0.5) is 0 Å². The van der Waals surface area contributed by atoms with Gasteiger partial charge in [-0.2, -0.15) is 5.06 Å². The summed E-state index contributed by atoms with van der Waals surface area (Å²) in [6, 6.07) is 6.59. The van der Waals surface area contributed by atoms with Gasteiger partial charge < -0.3 is 9.94 Å². The molecule has 0 radical (unpaired) electrons. The zero-order chi connectivity index (χ0) is 16.1. The van der Waals surface area contributed by atoms with Gasteiger partial charge in [0.25, 0.3) is 0 Å². The minimum Gasteiger partial charge on any atom is -0.492 e. The third-order valence-corrected chi connectivity index (χ3v) is 4.34. The maximum Gasteiger partial charge on any atom is 0.122 e. The van der Waals surface area contributed by atoms with Gasteiger partial charge in [-0.1, -0.05) is 39.8 Å². The number of ether oxygens (including phenoxy) is 1.